The Balaban J connectivity index is 2.22. The predicted molar refractivity (Wildman–Crippen MR) is 75.8 cm³/mol. The Bertz CT molecular complexity index is 600. The van der Waals surface area contributed by atoms with Gasteiger partial charge in [0.15, 0.2) is 5.78 Å². The Morgan fingerprint density at radius 1 is 1.43 bits per heavy atom. The van der Waals surface area contributed by atoms with Crippen molar-refractivity contribution in [1.82, 2.24) is 10.6 Å². The standard InChI is InChI=1S/C14H17N3O4/c1-7(18)17-14(20)12-13(19)10(6-16-12)9-5-8(21-2)3-4-11(9)15/h3-5,10,12,16H,6,15H2,1-2H3,(H,17,18,20)/t10-,12+/m1/s1. The van der Waals surface area contributed by atoms with Crippen molar-refractivity contribution in [3.8, 4) is 5.75 Å². The zero-order valence-corrected chi connectivity index (χ0v) is 11.8. The Kier molecular flexibility index (Phi) is 4.23. The summed E-state index contributed by atoms with van der Waals surface area (Å²) in [4.78, 5) is 35.0. The van der Waals surface area contributed by atoms with E-state index in [2.05, 4.69) is 10.6 Å². The van der Waals surface area contributed by atoms with Crippen LogP contribution in [0.25, 0.3) is 0 Å². The van der Waals surface area contributed by atoms with Crippen molar-refractivity contribution in [2.45, 2.75) is 18.9 Å². The minimum absolute atomic E-state index is 0.284. The number of Topliss-reactive ketones (excluding diaryl/α,β-unsaturated/α-hetero) is 1. The number of anilines is 1. The van der Waals surface area contributed by atoms with Crippen LogP contribution in [0.3, 0.4) is 0 Å². The molecule has 21 heavy (non-hydrogen) atoms. The largest absolute Gasteiger partial charge is 0.497 e. The molecule has 1 heterocycles. The molecular weight excluding hydrogens is 274 g/mol. The number of nitrogens with two attached hydrogens (primary N) is 1. The highest BCUT2D eigenvalue weighted by atomic mass is 16.5. The van der Waals surface area contributed by atoms with Gasteiger partial charge in [0.25, 0.3) is 5.91 Å². The maximum atomic E-state index is 12.3. The summed E-state index contributed by atoms with van der Waals surface area (Å²) in [5, 5.41) is 4.92. The van der Waals surface area contributed by atoms with Gasteiger partial charge in [-0.3, -0.25) is 25.0 Å². The number of rotatable bonds is 3. The van der Waals surface area contributed by atoms with Gasteiger partial charge in [-0.25, -0.2) is 0 Å². The molecule has 7 heteroatoms. The number of imide groups is 1. The predicted octanol–water partition coefficient (Wildman–Crippen LogP) is -0.435. The van der Waals surface area contributed by atoms with Gasteiger partial charge in [0.2, 0.25) is 5.91 Å². The van der Waals surface area contributed by atoms with Crippen molar-refractivity contribution in [3.63, 3.8) is 0 Å². The van der Waals surface area contributed by atoms with Gasteiger partial charge < -0.3 is 10.5 Å². The third-order valence-corrected chi connectivity index (χ3v) is 3.38. The molecule has 0 aromatic heterocycles. The highest BCUT2D eigenvalue weighted by Crippen LogP contribution is 2.30. The molecule has 1 aliphatic rings. The number of ketones is 1. The lowest BCUT2D eigenvalue weighted by molar-refractivity contribution is -0.133. The lowest BCUT2D eigenvalue weighted by atomic mass is 9.93. The van der Waals surface area contributed by atoms with Crippen LogP contribution in [0.2, 0.25) is 0 Å². The molecule has 2 amide bonds. The highest BCUT2D eigenvalue weighted by molar-refractivity contribution is 6.13. The Morgan fingerprint density at radius 3 is 2.76 bits per heavy atom. The monoisotopic (exact) mass is 291 g/mol. The maximum absolute atomic E-state index is 12.3. The van der Waals surface area contributed by atoms with Crippen LogP contribution in [-0.2, 0) is 14.4 Å². The number of carbonyl (C=O) groups excluding carboxylic acids is 3. The molecular formula is C14H17N3O4. The molecule has 112 valence electrons. The summed E-state index contributed by atoms with van der Waals surface area (Å²) < 4.78 is 5.12. The number of methoxy groups -OCH3 is 1. The van der Waals surface area contributed by atoms with Gasteiger partial charge in [-0.15, -0.1) is 0 Å². The molecule has 1 fully saturated rings. The third kappa shape index (κ3) is 3.03. The van der Waals surface area contributed by atoms with Gasteiger partial charge in [-0.05, 0) is 23.8 Å². The first-order valence-electron chi connectivity index (χ1n) is 6.46. The number of nitrogens with one attached hydrogen (secondary N) is 2. The van der Waals surface area contributed by atoms with Crippen molar-refractivity contribution < 1.29 is 19.1 Å². The number of nitrogen functional groups attached to an aromatic ring is 1. The summed E-state index contributed by atoms with van der Waals surface area (Å²) in [5.74, 6) is -1.41. The van der Waals surface area contributed by atoms with E-state index >= 15 is 0 Å². The first-order valence-corrected chi connectivity index (χ1v) is 6.46. The van der Waals surface area contributed by atoms with Crippen molar-refractivity contribution in [2.24, 2.45) is 0 Å². The summed E-state index contributed by atoms with van der Waals surface area (Å²) in [6, 6.07) is 4.01. The number of hydrogen-bond acceptors (Lipinski definition) is 6. The van der Waals surface area contributed by atoms with E-state index in [1.165, 1.54) is 14.0 Å². The molecule has 1 aromatic rings. The second-order valence-corrected chi connectivity index (χ2v) is 4.84. The van der Waals surface area contributed by atoms with Crippen LogP contribution < -0.4 is 21.1 Å². The van der Waals surface area contributed by atoms with Crippen molar-refractivity contribution >= 4 is 23.3 Å². The van der Waals surface area contributed by atoms with E-state index in [4.69, 9.17) is 10.5 Å². The molecule has 1 saturated heterocycles. The molecule has 2 atom stereocenters. The SMILES string of the molecule is COc1ccc(N)c([C@H]2CN[C@H](C(=O)NC(C)=O)C2=O)c1. The normalized spacial score (nSPS) is 21.1. The first kappa shape index (κ1) is 15.0. The van der Waals surface area contributed by atoms with Crippen LogP contribution in [-0.4, -0.2) is 37.3 Å². The van der Waals surface area contributed by atoms with Crippen LogP contribution >= 0.6 is 0 Å². The minimum Gasteiger partial charge on any atom is -0.497 e. The minimum atomic E-state index is -1.04. The van der Waals surface area contributed by atoms with Crippen molar-refractivity contribution in [2.75, 3.05) is 19.4 Å². The van der Waals surface area contributed by atoms with Crippen molar-refractivity contribution in [3.05, 3.63) is 23.8 Å². The summed E-state index contributed by atoms with van der Waals surface area (Å²) in [5.41, 5.74) is 6.98. The van der Waals surface area contributed by atoms with Crippen LogP contribution in [0.15, 0.2) is 18.2 Å². The van der Waals surface area contributed by atoms with Gasteiger partial charge in [-0.2, -0.15) is 0 Å². The Morgan fingerprint density at radius 2 is 2.14 bits per heavy atom. The zero-order chi connectivity index (χ0) is 15.6. The number of carbonyl (C=O) groups is 3. The van der Waals surface area contributed by atoms with Crippen LogP contribution in [0.1, 0.15) is 18.4 Å². The lowest BCUT2D eigenvalue weighted by Crippen LogP contribution is -2.45. The lowest BCUT2D eigenvalue weighted by Gasteiger charge is -2.13. The molecule has 0 saturated carbocycles. The first-order chi connectivity index (χ1) is 9.93. The molecule has 1 aliphatic heterocycles. The van der Waals surface area contributed by atoms with E-state index in [1.54, 1.807) is 18.2 Å². The summed E-state index contributed by atoms with van der Waals surface area (Å²) in [6.45, 7) is 1.50. The van der Waals surface area contributed by atoms with Gasteiger partial charge >= 0.3 is 0 Å². The Labute approximate surface area is 121 Å². The average molecular weight is 291 g/mol. The van der Waals surface area contributed by atoms with Crippen LogP contribution in [0.4, 0.5) is 5.69 Å². The van der Waals surface area contributed by atoms with E-state index < -0.39 is 23.8 Å². The summed E-state index contributed by atoms with van der Waals surface area (Å²) in [7, 11) is 1.52. The van der Waals surface area contributed by atoms with E-state index in [0.29, 0.717) is 17.0 Å². The van der Waals surface area contributed by atoms with E-state index in [1.807, 2.05) is 0 Å². The topological polar surface area (TPSA) is 111 Å². The molecule has 0 aliphatic carbocycles. The fraction of sp³-hybridized carbons (Fsp3) is 0.357. The second kappa shape index (κ2) is 5.92. The third-order valence-electron chi connectivity index (χ3n) is 3.38. The van der Waals surface area contributed by atoms with E-state index in [-0.39, 0.29) is 12.3 Å². The van der Waals surface area contributed by atoms with Crippen LogP contribution in [0.5, 0.6) is 5.75 Å². The number of hydrogen-bond donors (Lipinski definition) is 3. The van der Waals surface area contributed by atoms with Gasteiger partial charge in [0.1, 0.15) is 11.8 Å². The van der Waals surface area contributed by atoms with Gasteiger partial charge in [0, 0.05) is 19.2 Å². The van der Waals surface area contributed by atoms with Crippen LogP contribution in [0, 0.1) is 0 Å². The van der Waals surface area contributed by atoms with Crippen molar-refractivity contribution in [1.29, 1.82) is 0 Å². The number of amides is 2. The van der Waals surface area contributed by atoms with E-state index in [9.17, 15) is 14.4 Å². The summed E-state index contributed by atoms with van der Waals surface area (Å²) >= 11 is 0. The molecule has 0 spiro atoms. The smallest absolute Gasteiger partial charge is 0.251 e. The Hall–Kier alpha value is -2.41. The summed E-state index contributed by atoms with van der Waals surface area (Å²) in [6.07, 6.45) is 0. The van der Waals surface area contributed by atoms with Gasteiger partial charge in [-0.1, -0.05) is 0 Å². The van der Waals surface area contributed by atoms with E-state index in [0.717, 1.165) is 0 Å². The second-order valence-electron chi connectivity index (χ2n) is 4.84. The molecule has 0 unspecified atom stereocenters. The molecule has 2 rings (SSSR count). The molecule has 4 N–H and O–H groups in total. The average Bonchev–Trinajstić information content (AvgIpc) is 2.80. The van der Waals surface area contributed by atoms with Gasteiger partial charge in [0.05, 0.1) is 13.0 Å². The molecule has 0 radical (unpaired) electrons. The zero-order valence-electron chi connectivity index (χ0n) is 11.8. The number of ether oxygens (including phenoxy) is 1. The maximum Gasteiger partial charge on any atom is 0.251 e. The fourth-order valence-corrected chi connectivity index (χ4v) is 2.35. The molecule has 1 aromatic carbocycles. The molecule has 7 nitrogen and oxygen atoms in total. The quantitative estimate of drug-likeness (QED) is 0.514. The highest BCUT2D eigenvalue weighted by Gasteiger charge is 2.40. The molecule has 0 bridgehead atoms. The number of benzene rings is 1. The fourth-order valence-electron chi connectivity index (χ4n) is 2.35.